The van der Waals surface area contributed by atoms with Gasteiger partial charge in [-0.3, -0.25) is 4.79 Å². The van der Waals surface area contributed by atoms with Crippen molar-refractivity contribution in [1.29, 1.82) is 0 Å². The summed E-state index contributed by atoms with van der Waals surface area (Å²) >= 11 is 0. The lowest BCUT2D eigenvalue weighted by atomic mass is 10.1. The molecule has 0 saturated heterocycles. The van der Waals surface area contributed by atoms with Crippen LogP contribution in [0, 0.1) is 0 Å². The fraction of sp³-hybridized carbons (Fsp3) is 0.571. The monoisotopic (exact) mass is 436 g/mol. The Hall–Kier alpha value is -3.17. The molecule has 31 heavy (non-hydrogen) atoms. The van der Waals surface area contributed by atoms with E-state index < -0.39 is 18.1 Å². The van der Waals surface area contributed by atoms with Crippen molar-refractivity contribution in [2.24, 2.45) is 4.99 Å². The van der Waals surface area contributed by atoms with Crippen molar-refractivity contribution >= 4 is 29.8 Å². The molecule has 0 saturated carbocycles. The van der Waals surface area contributed by atoms with E-state index in [0.717, 1.165) is 37.3 Å². The van der Waals surface area contributed by atoms with Crippen LogP contribution in [0.4, 0.5) is 9.59 Å². The maximum atomic E-state index is 11.8. The van der Waals surface area contributed by atoms with Crippen LogP contribution in [0.5, 0.6) is 0 Å². The number of alkyl carbamates (subject to hydrolysis) is 1. The van der Waals surface area contributed by atoms with Crippen LogP contribution in [-0.4, -0.2) is 56.1 Å². The highest BCUT2D eigenvalue weighted by atomic mass is 16.5. The number of amides is 4. The van der Waals surface area contributed by atoms with Crippen LogP contribution in [0.2, 0.25) is 0 Å². The fourth-order valence-corrected chi connectivity index (χ4v) is 2.63. The topological polar surface area (TPSA) is 135 Å². The van der Waals surface area contributed by atoms with Crippen molar-refractivity contribution in [2.45, 2.75) is 51.9 Å². The summed E-state index contributed by atoms with van der Waals surface area (Å²) in [6, 6.07) is -0.465. The van der Waals surface area contributed by atoms with Crippen LogP contribution < -0.4 is 16.0 Å². The zero-order valence-electron chi connectivity index (χ0n) is 18.0. The number of unbranched alkanes of at least 4 members (excludes halogenated alkanes) is 4. The van der Waals surface area contributed by atoms with E-state index in [1.165, 1.54) is 6.08 Å². The van der Waals surface area contributed by atoms with Crippen LogP contribution in [-0.2, 0) is 19.1 Å². The lowest BCUT2D eigenvalue weighted by Gasteiger charge is -2.12. The summed E-state index contributed by atoms with van der Waals surface area (Å²) in [4.78, 5) is 49.3. The Morgan fingerprint density at radius 1 is 1.06 bits per heavy atom. The molecule has 0 aliphatic carbocycles. The predicted octanol–water partition coefficient (Wildman–Crippen LogP) is 2.36. The molecule has 1 heterocycles. The van der Waals surface area contributed by atoms with Gasteiger partial charge in [0.1, 0.15) is 5.84 Å². The van der Waals surface area contributed by atoms with Gasteiger partial charge in [0.2, 0.25) is 5.91 Å². The van der Waals surface area contributed by atoms with Gasteiger partial charge in [-0.1, -0.05) is 25.0 Å². The molecule has 0 spiro atoms. The molecule has 3 N–H and O–H groups in total. The minimum atomic E-state index is -0.465. The molecule has 0 fully saturated rings. The number of ether oxygens (including phenoxy) is 2. The number of hydrogen-bond acceptors (Lipinski definition) is 6. The number of nitrogens with one attached hydrogen (secondary N) is 3. The first kappa shape index (κ1) is 25.9. The second-order valence-corrected chi connectivity index (χ2v) is 7.00. The molecular weight excluding hydrogens is 404 g/mol. The molecule has 172 valence electrons. The number of rotatable bonds is 13. The van der Waals surface area contributed by atoms with Gasteiger partial charge in [-0.2, -0.15) is 4.99 Å². The van der Waals surface area contributed by atoms with E-state index in [2.05, 4.69) is 27.5 Å². The number of carbonyl (C=O) groups excluding carboxylic acids is 4. The van der Waals surface area contributed by atoms with Crippen molar-refractivity contribution in [2.75, 3.05) is 26.3 Å². The number of amidine groups is 1. The minimum Gasteiger partial charge on any atom is -0.463 e. The largest absolute Gasteiger partial charge is 0.463 e. The number of aliphatic imine (C=N–C) groups is 1. The smallest absolute Gasteiger partial charge is 0.407 e. The highest BCUT2D eigenvalue weighted by molar-refractivity contribution is 6.09. The van der Waals surface area contributed by atoms with Crippen LogP contribution in [0.25, 0.3) is 0 Å². The van der Waals surface area contributed by atoms with Crippen molar-refractivity contribution in [3.63, 3.8) is 0 Å². The molecule has 4 amide bonds. The van der Waals surface area contributed by atoms with Crippen LogP contribution in [0.3, 0.4) is 0 Å². The average molecular weight is 437 g/mol. The molecule has 1 rings (SSSR count). The summed E-state index contributed by atoms with van der Waals surface area (Å²) in [5.41, 5.74) is 0.860. The molecule has 0 atom stereocenters. The van der Waals surface area contributed by atoms with Gasteiger partial charge in [0.25, 0.3) is 0 Å². The minimum absolute atomic E-state index is 0.265. The molecule has 10 heteroatoms. The van der Waals surface area contributed by atoms with Crippen molar-refractivity contribution in [3.8, 4) is 0 Å². The second-order valence-electron chi connectivity index (χ2n) is 7.00. The molecule has 0 radical (unpaired) electrons. The standard InChI is InChI=1S/C21H32N4O6/c1-3-19(27)30-12-8-9-13-31-21(29)23-11-7-5-4-6-10-22-20(28)25-17-14-16(2)15-18(26)24-17/h3,15H,1,4-14H2,2H3,(H,23,29)(H2,22,24,25,26,28). The van der Waals surface area contributed by atoms with Gasteiger partial charge in [-0.25, -0.2) is 14.4 Å². The van der Waals surface area contributed by atoms with Crippen molar-refractivity contribution < 1.29 is 28.7 Å². The van der Waals surface area contributed by atoms with E-state index in [0.29, 0.717) is 38.2 Å². The van der Waals surface area contributed by atoms with Gasteiger partial charge < -0.3 is 25.4 Å². The van der Waals surface area contributed by atoms with Gasteiger partial charge in [-0.05, 0) is 32.6 Å². The summed E-state index contributed by atoms with van der Waals surface area (Å²) < 4.78 is 9.84. The number of esters is 1. The van der Waals surface area contributed by atoms with Crippen molar-refractivity contribution in [1.82, 2.24) is 16.0 Å². The summed E-state index contributed by atoms with van der Waals surface area (Å²) in [7, 11) is 0. The van der Waals surface area contributed by atoms with E-state index >= 15 is 0 Å². The Morgan fingerprint density at radius 2 is 1.71 bits per heavy atom. The Kier molecular flexibility index (Phi) is 13.1. The molecule has 10 nitrogen and oxygen atoms in total. The van der Waals surface area contributed by atoms with Gasteiger partial charge in [0.15, 0.2) is 0 Å². The first-order chi connectivity index (χ1) is 14.9. The lowest BCUT2D eigenvalue weighted by Crippen LogP contribution is -2.35. The highest BCUT2D eigenvalue weighted by Gasteiger charge is 2.13. The summed E-state index contributed by atoms with van der Waals surface area (Å²) in [5, 5.41) is 7.92. The lowest BCUT2D eigenvalue weighted by molar-refractivity contribution is -0.137. The van der Waals surface area contributed by atoms with E-state index in [4.69, 9.17) is 9.47 Å². The zero-order chi connectivity index (χ0) is 22.9. The van der Waals surface area contributed by atoms with Gasteiger partial charge in [0, 0.05) is 31.7 Å². The van der Waals surface area contributed by atoms with Crippen molar-refractivity contribution in [3.05, 3.63) is 24.3 Å². The van der Waals surface area contributed by atoms with Gasteiger partial charge in [-0.15, -0.1) is 0 Å². The predicted molar refractivity (Wildman–Crippen MR) is 116 cm³/mol. The molecule has 0 unspecified atom stereocenters. The third kappa shape index (κ3) is 13.6. The molecule has 0 aromatic rings. The number of nitrogens with zero attached hydrogens (tertiary/aromatic N) is 1. The Balaban J connectivity index is 1.94. The average Bonchev–Trinajstić information content (AvgIpc) is 2.71. The normalized spacial score (nSPS) is 14.3. The SMILES string of the molecule is C=CC(=O)OCCCCOC(=O)NCCCCCCNC(=O)/N=C1/CC(C)=CC(=O)N1. The van der Waals surface area contributed by atoms with E-state index in [-0.39, 0.29) is 19.1 Å². The van der Waals surface area contributed by atoms with E-state index in [9.17, 15) is 19.2 Å². The molecule has 0 bridgehead atoms. The number of hydrogen-bond donors (Lipinski definition) is 3. The molecular formula is C21H32N4O6. The molecule has 1 aliphatic rings. The summed E-state index contributed by atoms with van der Waals surface area (Å²) in [6.45, 7) is 6.66. The van der Waals surface area contributed by atoms with Crippen LogP contribution in [0.1, 0.15) is 51.9 Å². The highest BCUT2D eigenvalue weighted by Crippen LogP contribution is 2.05. The van der Waals surface area contributed by atoms with Crippen LogP contribution in [0.15, 0.2) is 29.3 Å². The Morgan fingerprint density at radius 3 is 2.35 bits per heavy atom. The fourth-order valence-electron chi connectivity index (χ4n) is 2.63. The van der Waals surface area contributed by atoms with E-state index in [1.807, 2.05) is 6.92 Å². The molecule has 0 aromatic carbocycles. The van der Waals surface area contributed by atoms with Gasteiger partial charge in [0.05, 0.1) is 13.2 Å². The summed E-state index contributed by atoms with van der Waals surface area (Å²) in [5.74, 6) is -0.367. The van der Waals surface area contributed by atoms with Gasteiger partial charge >= 0.3 is 18.1 Å². The third-order valence-corrected chi connectivity index (χ3v) is 4.16. The maximum Gasteiger partial charge on any atom is 0.407 e. The quantitative estimate of drug-likeness (QED) is 0.230. The third-order valence-electron chi connectivity index (χ3n) is 4.16. The number of carbonyl (C=O) groups is 4. The Bertz CT molecular complexity index is 702. The first-order valence-corrected chi connectivity index (χ1v) is 10.4. The zero-order valence-corrected chi connectivity index (χ0v) is 18.0. The maximum absolute atomic E-state index is 11.8. The molecule has 1 aliphatic heterocycles. The summed E-state index contributed by atoms with van der Waals surface area (Å²) in [6.07, 6.45) is 7.21. The van der Waals surface area contributed by atoms with Crippen LogP contribution >= 0.6 is 0 Å². The Labute approximate surface area is 182 Å². The molecule has 0 aromatic heterocycles. The first-order valence-electron chi connectivity index (χ1n) is 10.4. The second kappa shape index (κ2) is 15.6. The van der Waals surface area contributed by atoms with E-state index in [1.54, 1.807) is 0 Å². The number of urea groups is 1.